The predicted octanol–water partition coefficient (Wildman–Crippen LogP) is 0.392. The maximum Gasteiger partial charge on any atom is 0.236 e. The van der Waals surface area contributed by atoms with Gasteiger partial charge in [0.15, 0.2) is 5.82 Å². The number of hydrogen-bond donors (Lipinski definition) is 1. The third kappa shape index (κ3) is 1.73. The second-order valence-electron chi connectivity index (χ2n) is 4.37. The molecule has 0 radical (unpaired) electrons. The first-order chi connectivity index (χ1) is 7.58. The molecule has 0 aliphatic carbocycles. The van der Waals surface area contributed by atoms with Gasteiger partial charge in [-0.25, -0.2) is 0 Å². The van der Waals surface area contributed by atoms with Crippen molar-refractivity contribution in [3.05, 3.63) is 11.7 Å². The Labute approximate surface area is 94.1 Å². The largest absolute Gasteiger partial charge is 0.379 e. The number of ether oxygens (including phenoxy) is 2. The summed E-state index contributed by atoms with van der Waals surface area (Å²) >= 11 is 0. The summed E-state index contributed by atoms with van der Waals surface area (Å²) in [6.07, 6.45) is -0.181. The van der Waals surface area contributed by atoms with Crippen LogP contribution in [0.2, 0.25) is 0 Å². The van der Waals surface area contributed by atoms with Crippen LogP contribution in [0.15, 0.2) is 4.52 Å². The molecule has 2 N–H and O–H groups in total. The summed E-state index contributed by atoms with van der Waals surface area (Å²) < 4.78 is 15.7. The molecule has 1 aliphatic rings. The van der Waals surface area contributed by atoms with Crippen molar-refractivity contribution in [3.8, 4) is 0 Å². The summed E-state index contributed by atoms with van der Waals surface area (Å²) in [5, 5.41) is 3.89. The van der Waals surface area contributed by atoms with Gasteiger partial charge in [0.1, 0.15) is 6.10 Å². The maximum absolute atomic E-state index is 5.98. The molecular weight excluding hydrogens is 210 g/mol. The van der Waals surface area contributed by atoms with Crippen LogP contribution in [0.5, 0.6) is 0 Å². The Bertz CT molecular complexity index is 368. The van der Waals surface area contributed by atoms with E-state index >= 15 is 0 Å². The van der Waals surface area contributed by atoms with Crippen LogP contribution in [0.4, 0.5) is 0 Å². The summed E-state index contributed by atoms with van der Waals surface area (Å²) in [7, 11) is 1.60. The smallest absolute Gasteiger partial charge is 0.236 e. The average Bonchev–Trinajstić information content (AvgIpc) is 2.87. The third-order valence-electron chi connectivity index (χ3n) is 3.17. The van der Waals surface area contributed by atoms with E-state index in [9.17, 15) is 0 Å². The molecular formula is C10H17N3O3. The van der Waals surface area contributed by atoms with E-state index in [-0.39, 0.29) is 12.1 Å². The molecule has 0 saturated carbocycles. The Morgan fingerprint density at radius 1 is 1.62 bits per heavy atom. The fraction of sp³-hybridized carbons (Fsp3) is 0.800. The van der Waals surface area contributed by atoms with E-state index in [2.05, 4.69) is 10.1 Å². The summed E-state index contributed by atoms with van der Waals surface area (Å²) in [5.41, 5.74) is 5.59. The summed E-state index contributed by atoms with van der Waals surface area (Å²) in [6, 6.07) is -0.112. The minimum Gasteiger partial charge on any atom is -0.379 e. The van der Waals surface area contributed by atoms with Crippen molar-refractivity contribution in [2.75, 3.05) is 20.3 Å². The molecule has 16 heavy (non-hydrogen) atoms. The van der Waals surface area contributed by atoms with Crippen molar-refractivity contribution in [1.29, 1.82) is 0 Å². The Balaban J connectivity index is 2.24. The first kappa shape index (κ1) is 11.5. The molecule has 0 bridgehead atoms. The molecule has 1 aliphatic heterocycles. The lowest BCUT2D eigenvalue weighted by atomic mass is 9.86. The molecule has 6 nitrogen and oxygen atoms in total. The van der Waals surface area contributed by atoms with Crippen LogP contribution in [-0.4, -0.2) is 36.5 Å². The molecule has 0 amide bonds. The van der Waals surface area contributed by atoms with E-state index in [1.54, 1.807) is 7.11 Å². The molecule has 3 unspecified atom stereocenters. The first-order valence-electron chi connectivity index (χ1n) is 5.28. The molecule has 2 rings (SSSR count). The fourth-order valence-electron chi connectivity index (χ4n) is 1.65. The van der Waals surface area contributed by atoms with E-state index in [0.717, 1.165) is 0 Å². The van der Waals surface area contributed by atoms with Gasteiger partial charge in [0, 0.05) is 13.2 Å². The van der Waals surface area contributed by atoms with Crippen molar-refractivity contribution in [1.82, 2.24) is 10.1 Å². The number of nitrogens with two attached hydrogens (primary N) is 1. The van der Waals surface area contributed by atoms with E-state index < -0.39 is 5.41 Å². The molecule has 2 heterocycles. The van der Waals surface area contributed by atoms with E-state index in [1.165, 1.54) is 0 Å². The van der Waals surface area contributed by atoms with Crippen molar-refractivity contribution in [2.24, 2.45) is 5.73 Å². The molecule has 90 valence electrons. The minimum absolute atomic E-state index is 0.112. The van der Waals surface area contributed by atoms with Gasteiger partial charge in [-0.1, -0.05) is 5.16 Å². The second kappa shape index (κ2) is 4.12. The number of methoxy groups -OCH3 is 1. The van der Waals surface area contributed by atoms with Gasteiger partial charge in [-0.05, 0) is 13.8 Å². The van der Waals surface area contributed by atoms with Gasteiger partial charge in [0.05, 0.1) is 18.6 Å². The molecule has 1 fully saturated rings. The number of aromatic nitrogens is 2. The lowest BCUT2D eigenvalue weighted by molar-refractivity contribution is 0.109. The quantitative estimate of drug-likeness (QED) is 0.804. The summed E-state index contributed by atoms with van der Waals surface area (Å²) in [4.78, 5) is 4.32. The zero-order chi connectivity index (χ0) is 11.8. The second-order valence-corrected chi connectivity index (χ2v) is 4.37. The van der Waals surface area contributed by atoms with Crippen molar-refractivity contribution < 1.29 is 14.0 Å². The summed E-state index contributed by atoms with van der Waals surface area (Å²) in [5.74, 6) is 1.06. The number of nitrogens with zero attached hydrogens (tertiary/aromatic N) is 2. The molecule has 6 heteroatoms. The standard InChI is InChI=1S/C10H17N3O3/c1-6(14-3)8-12-9(16-13-8)10(2)5-15-4-7(10)11/h6-7H,4-5,11H2,1-3H3. The lowest BCUT2D eigenvalue weighted by Gasteiger charge is -2.21. The maximum atomic E-state index is 5.98. The van der Waals surface area contributed by atoms with Crippen molar-refractivity contribution >= 4 is 0 Å². The van der Waals surface area contributed by atoms with Gasteiger partial charge in [-0.2, -0.15) is 4.98 Å². The van der Waals surface area contributed by atoms with Crippen LogP contribution >= 0.6 is 0 Å². The Morgan fingerprint density at radius 2 is 2.38 bits per heavy atom. The normalized spacial score (nSPS) is 31.9. The highest BCUT2D eigenvalue weighted by Crippen LogP contribution is 2.31. The zero-order valence-electron chi connectivity index (χ0n) is 9.77. The van der Waals surface area contributed by atoms with E-state index in [0.29, 0.717) is 24.9 Å². The number of rotatable bonds is 3. The molecule has 1 saturated heterocycles. The molecule has 0 aromatic carbocycles. The van der Waals surface area contributed by atoms with Crippen LogP contribution in [0.3, 0.4) is 0 Å². The first-order valence-corrected chi connectivity index (χ1v) is 5.28. The van der Waals surface area contributed by atoms with Gasteiger partial charge in [-0.3, -0.25) is 0 Å². The van der Waals surface area contributed by atoms with Gasteiger partial charge < -0.3 is 19.7 Å². The van der Waals surface area contributed by atoms with Crippen molar-refractivity contribution in [2.45, 2.75) is 31.4 Å². The Morgan fingerprint density at radius 3 is 2.94 bits per heavy atom. The van der Waals surface area contributed by atoms with E-state index in [4.69, 9.17) is 19.7 Å². The Kier molecular flexibility index (Phi) is 2.96. The highest BCUT2D eigenvalue weighted by Gasteiger charge is 2.44. The topological polar surface area (TPSA) is 83.4 Å². The SMILES string of the molecule is COC(C)c1noc(C2(C)COCC2N)n1. The van der Waals surface area contributed by atoms with Gasteiger partial charge in [0.25, 0.3) is 0 Å². The highest BCUT2D eigenvalue weighted by molar-refractivity contribution is 5.11. The van der Waals surface area contributed by atoms with Crippen LogP contribution in [0, 0.1) is 0 Å². The lowest BCUT2D eigenvalue weighted by Crippen LogP contribution is -2.42. The van der Waals surface area contributed by atoms with Crippen LogP contribution in [-0.2, 0) is 14.9 Å². The van der Waals surface area contributed by atoms with Crippen LogP contribution in [0.25, 0.3) is 0 Å². The van der Waals surface area contributed by atoms with Gasteiger partial charge >= 0.3 is 0 Å². The summed E-state index contributed by atoms with van der Waals surface area (Å²) in [6.45, 7) is 4.87. The fourth-order valence-corrected chi connectivity index (χ4v) is 1.65. The zero-order valence-corrected chi connectivity index (χ0v) is 9.77. The van der Waals surface area contributed by atoms with Crippen molar-refractivity contribution in [3.63, 3.8) is 0 Å². The van der Waals surface area contributed by atoms with Crippen LogP contribution < -0.4 is 5.73 Å². The van der Waals surface area contributed by atoms with Gasteiger partial charge in [-0.15, -0.1) is 0 Å². The average molecular weight is 227 g/mol. The minimum atomic E-state index is -0.390. The highest BCUT2D eigenvalue weighted by atomic mass is 16.5. The van der Waals surface area contributed by atoms with Gasteiger partial charge in [0.2, 0.25) is 5.89 Å². The predicted molar refractivity (Wildman–Crippen MR) is 55.9 cm³/mol. The Hall–Kier alpha value is -0.980. The molecule has 1 aromatic rings. The molecule has 3 atom stereocenters. The molecule has 0 spiro atoms. The monoisotopic (exact) mass is 227 g/mol. The van der Waals surface area contributed by atoms with Crippen LogP contribution in [0.1, 0.15) is 31.7 Å². The third-order valence-corrected chi connectivity index (χ3v) is 3.17. The van der Waals surface area contributed by atoms with E-state index in [1.807, 2.05) is 13.8 Å². The molecule has 1 aromatic heterocycles. The number of hydrogen-bond acceptors (Lipinski definition) is 6.